The number of hydrogen-bond donors (Lipinski definition) is 1. The Morgan fingerprint density at radius 1 is 1.38 bits per heavy atom. The zero-order chi connectivity index (χ0) is 17.1. The van der Waals surface area contributed by atoms with Gasteiger partial charge in [-0.3, -0.25) is 14.5 Å². The van der Waals surface area contributed by atoms with E-state index in [4.69, 9.17) is 9.84 Å². The Labute approximate surface area is 145 Å². The molecule has 7 nitrogen and oxygen atoms in total. The molecule has 0 spiro atoms. The summed E-state index contributed by atoms with van der Waals surface area (Å²) in [6.07, 6.45) is 1.10. The third-order valence-corrected chi connectivity index (χ3v) is 5.36. The maximum atomic E-state index is 12.6. The molecule has 2 fully saturated rings. The number of aliphatic carboxylic acids is 1. The zero-order valence-corrected chi connectivity index (χ0v) is 14.6. The molecule has 1 N–H and O–H groups in total. The van der Waals surface area contributed by atoms with E-state index in [1.165, 1.54) is 0 Å². The molecule has 1 aromatic heterocycles. The second kappa shape index (κ2) is 7.58. The van der Waals surface area contributed by atoms with Crippen LogP contribution >= 0.6 is 11.3 Å². The summed E-state index contributed by atoms with van der Waals surface area (Å²) >= 11 is 1.60. The molecule has 8 heteroatoms. The molecule has 0 unspecified atom stereocenters. The van der Waals surface area contributed by atoms with Crippen molar-refractivity contribution in [3.8, 4) is 0 Å². The van der Waals surface area contributed by atoms with E-state index in [2.05, 4.69) is 4.98 Å². The van der Waals surface area contributed by atoms with Crippen molar-refractivity contribution in [3.05, 3.63) is 16.1 Å². The first-order chi connectivity index (χ1) is 11.5. The van der Waals surface area contributed by atoms with Gasteiger partial charge in [0.15, 0.2) is 0 Å². The van der Waals surface area contributed by atoms with Crippen LogP contribution in [0.5, 0.6) is 0 Å². The normalized spacial score (nSPS) is 24.6. The molecule has 2 aliphatic heterocycles. The van der Waals surface area contributed by atoms with Crippen LogP contribution in [0.15, 0.2) is 5.38 Å². The first-order valence-corrected chi connectivity index (χ1v) is 9.11. The SMILES string of the molecule is Cc1nc(CCC(=O)N2C[C@@H]3COC[C@H](C2)N(CC(=O)O)C3)cs1. The molecule has 2 bridgehead atoms. The number of carboxylic acids is 1. The molecule has 1 aromatic rings. The molecule has 0 aliphatic carbocycles. The van der Waals surface area contributed by atoms with Gasteiger partial charge >= 0.3 is 5.97 Å². The van der Waals surface area contributed by atoms with Crippen molar-refractivity contribution in [2.75, 3.05) is 39.4 Å². The van der Waals surface area contributed by atoms with Crippen LogP contribution in [0.1, 0.15) is 17.1 Å². The van der Waals surface area contributed by atoms with E-state index in [1.54, 1.807) is 11.3 Å². The molecular formula is C16H23N3O4S. The van der Waals surface area contributed by atoms with Crippen molar-refractivity contribution >= 4 is 23.2 Å². The Hall–Kier alpha value is -1.51. The number of carbonyl (C=O) groups is 2. The summed E-state index contributed by atoms with van der Waals surface area (Å²) < 4.78 is 5.65. The predicted octanol–water partition coefficient (Wildman–Crippen LogP) is 0.628. The van der Waals surface area contributed by atoms with Gasteiger partial charge in [-0.05, 0) is 13.3 Å². The number of hydrogen-bond acceptors (Lipinski definition) is 6. The van der Waals surface area contributed by atoms with Crippen molar-refractivity contribution in [2.24, 2.45) is 5.92 Å². The van der Waals surface area contributed by atoms with Gasteiger partial charge in [0.05, 0.1) is 36.5 Å². The van der Waals surface area contributed by atoms with Crippen molar-refractivity contribution < 1.29 is 19.4 Å². The van der Waals surface area contributed by atoms with Crippen LogP contribution in [0.25, 0.3) is 0 Å². The van der Waals surface area contributed by atoms with Gasteiger partial charge in [0.2, 0.25) is 5.91 Å². The molecule has 2 saturated heterocycles. The highest BCUT2D eigenvalue weighted by Crippen LogP contribution is 2.20. The summed E-state index contributed by atoms with van der Waals surface area (Å²) in [5.41, 5.74) is 0.969. The highest BCUT2D eigenvalue weighted by molar-refractivity contribution is 7.09. The van der Waals surface area contributed by atoms with Crippen LogP contribution in [-0.4, -0.2) is 77.2 Å². The van der Waals surface area contributed by atoms with Gasteiger partial charge in [-0.1, -0.05) is 0 Å². The van der Waals surface area contributed by atoms with Crippen molar-refractivity contribution in [2.45, 2.75) is 25.8 Å². The average molecular weight is 353 g/mol. The number of rotatable bonds is 5. The zero-order valence-electron chi connectivity index (χ0n) is 13.8. The number of thiazole rings is 1. The van der Waals surface area contributed by atoms with Gasteiger partial charge in [0.1, 0.15) is 0 Å². The molecule has 0 radical (unpaired) electrons. The smallest absolute Gasteiger partial charge is 0.317 e. The fraction of sp³-hybridized carbons (Fsp3) is 0.688. The van der Waals surface area contributed by atoms with E-state index in [0.717, 1.165) is 10.7 Å². The quantitative estimate of drug-likeness (QED) is 0.836. The molecule has 0 aromatic carbocycles. The molecule has 3 rings (SSSR count). The van der Waals surface area contributed by atoms with Gasteiger partial charge in [0.25, 0.3) is 0 Å². The van der Waals surface area contributed by atoms with Gasteiger partial charge in [-0.15, -0.1) is 11.3 Å². The third kappa shape index (κ3) is 4.31. The maximum Gasteiger partial charge on any atom is 0.317 e. The molecular weight excluding hydrogens is 330 g/mol. The average Bonchev–Trinajstić information content (AvgIpc) is 2.72. The molecule has 2 aliphatic rings. The Morgan fingerprint density at radius 3 is 2.92 bits per heavy atom. The van der Waals surface area contributed by atoms with Crippen LogP contribution < -0.4 is 0 Å². The largest absolute Gasteiger partial charge is 0.480 e. The lowest BCUT2D eigenvalue weighted by Gasteiger charge is -2.30. The molecule has 3 heterocycles. The fourth-order valence-corrected chi connectivity index (χ4v) is 4.06. The Balaban J connectivity index is 1.61. The first kappa shape index (κ1) is 17.3. The monoisotopic (exact) mass is 353 g/mol. The van der Waals surface area contributed by atoms with E-state index < -0.39 is 5.97 Å². The molecule has 132 valence electrons. The lowest BCUT2D eigenvalue weighted by molar-refractivity contribution is -0.139. The van der Waals surface area contributed by atoms with E-state index in [-0.39, 0.29) is 24.4 Å². The van der Waals surface area contributed by atoms with Crippen LogP contribution in [0, 0.1) is 12.8 Å². The molecule has 24 heavy (non-hydrogen) atoms. The van der Waals surface area contributed by atoms with E-state index in [9.17, 15) is 9.59 Å². The van der Waals surface area contributed by atoms with Gasteiger partial charge in [-0.2, -0.15) is 0 Å². The number of carbonyl (C=O) groups excluding carboxylic acids is 1. The van der Waals surface area contributed by atoms with Crippen molar-refractivity contribution in [1.82, 2.24) is 14.8 Å². The molecule has 0 saturated carbocycles. The van der Waals surface area contributed by atoms with Crippen LogP contribution in [0.3, 0.4) is 0 Å². The minimum atomic E-state index is -0.834. The van der Waals surface area contributed by atoms with Crippen LogP contribution in [0.2, 0.25) is 0 Å². The lowest BCUT2D eigenvalue weighted by atomic mass is 10.1. The van der Waals surface area contributed by atoms with Gasteiger partial charge < -0.3 is 14.7 Å². The predicted molar refractivity (Wildman–Crippen MR) is 89.1 cm³/mol. The number of amides is 1. The summed E-state index contributed by atoms with van der Waals surface area (Å²) in [5, 5.41) is 12.1. The topological polar surface area (TPSA) is 83.0 Å². The Morgan fingerprint density at radius 2 is 2.21 bits per heavy atom. The van der Waals surface area contributed by atoms with Gasteiger partial charge in [0, 0.05) is 37.4 Å². The standard InChI is InChI=1S/C16H23N3O4S/c1-11-17-13(10-24-11)2-3-15(20)19-5-12-4-18(7-16(21)22)14(6-19)9-23-8-12/h10,12,14H,2-9H2,1H3,(H,21,22)/t12-,14+/m1/s1. The van der Waals surface area contributed by atoms with E-state index in [0.29, 0.717) is 45.7 Å². The van der Waals surface area contributed by atoms with Crippen LogP contribution in [-0.2, 0) is 20.7 Å². The second-order valence-corrected chi connectivity index (χ2v) is 7.60. The summed E-state index contributed by atoms with van der Waals surface area (Å²) in [5.74, 6) is -0.545. The number of fused-ring (bicyclic) bond motifs is 3. The van der Waals surface area contributed by atoms with Crippen molar-refractivity contribution in [1.29, 1.82) is 0 Å². The number of aromatic nitrogens is 1. The minimum absolute atomic E-state index is 0.00462. The van der Waals surface area contributed by atoms with Gasteiger partial charge in [-0.25, -0.2) is 4.98 Å². The molecule has 1 amide bonds. The number of ether oxygens (including phenoxy) is 1. The number of nitrogens with zero attached hydrogens (tertiary/aromatic N) is 3. The third-order valence-electron chi connectivity index (χ3n) is 4.54. The van der Waals surface area contributed by atoms with Crippen molar-refractivity contribution in [3.63, 3.8) is 0 Å². The maximum absolute atomic E-state index is 12.6. The summed E-state index contributed by atoms with van der Waals surface area (Å²) in [7, 11) is 0. The second-order valence-electron chi connectivity index (χ2n) is 6.54. The van der Waals surface area contributed by atoms with Crippen LogP contribution in [0.4, 0.5) is 0 Å². The fourth-order valence-electron chi connectivity index (χ4n) is 3.42. The Bertz CT molecular complexity index is 606. The summed E-state index contributed by atoms with van der Waals surface area (Å²) in [6.45, 7) is 4.89. The lowest BCUT2D eigenvalue weighted by Crippen LogP contribution is -2.47. The Kier molecular flexibility index (Phi) is 5.47. The summed E-state index contributed by atoms with van der Waals surface area (Å²) in [6, 6.07) is -0.0425. The minimum Gasteiger partial charge on any atom is -0.480 e. The van der Waals surface area contributed by atoms with E-state index in [1.807, 2.05) is 22.1 Å². The molecule has 2 atom stereocenters. The summed E-state index contributed by atoms with van der Waals surface area (Å²) in [4.78, 5) is 31.9. The number of aryl methyl sites for hydroxylation is 2. The highest BCUT2D eigenvalue weighted by atomic mass is 32.1. The first-order valence-electron chi connectivity index (χ1n) is 8.23. The number of carboxylic acid groups (broad SMARTS) is 1. The highest BCUT2D eigenvalue weighted by Gasteiger charge is 2.35. The van der Waals surface area contributed by atoms with E-state index >= 15 is 0 Å².